The molecule has 1 aliphatic heterocycles. The zero-order valence-electron chi connectivity index (χ0n) is 12.6. The molecule has 2 amide bonds. The first kappa shape index (κ1) is 16.6. The fraction of sp³-hybridized carbons (Fsp3) is 0.176. The summed E-state index contributed by atoms with van der Waals surface area (Å²) in [5.41, 5.74) is 2.04. The van der Waals surface area contributed by atoms with Crippen LogP contribution in [0.5, 0.6) is 5.75 Å². The lowest BCUT2D eigenvalue weighted by Crippen LogP contribution is -2.25. The molecule has 0 aromatic heterocycles. The normalized spacial score (nSPS) is 12.8. The number of hydrogen-bond donors (Lipinski definition) is 2. The third kappa shape index (κ3) is 3.80. The number of fused-ring (bicyclic) bond motifs is 1. The van der Waals surface area contributed by atoms with E-state index in [1.165, 1.54) is 0 Å². The number of ether oxygens (including phenoxy) is 1. The molecule has 7 heteroatoms. The molecule has 0 saturated heterocycles. The van der Waals surface area contributed by atoms with Crippen molar-refractivity contribution in [1.82, 2.24) is 0 Å². The van der Waals surface area contributed by atoms with Crippen LogP contribution in [0.1, 0.15) is 12.0 Å². The Morgan fingerprint density at radius 2 is 2.08 bits per heavy atom. The van der Waals surface area contributed by atoms with E-state index in [0.717, 1.165) is 5.56 Å². The van der Waals surface area contributed by atoms with Crippen LogP contribution < -0.4 is 15.4 Å². The first-order valence-corrected chi connectivity index (χ1v) is 8.08. The summed E-state index contributed by atoms with van der Waals surface area (Å²) in [5, 5.41) is 6.20. The molecule has 1 heterocycles. The van der Waals surface area contributed by atoms with Crippen molar-refractivity contribution in [1.29, 1.82) is 0 Å². The molecule has 1 aliphatic rings. The van der Waals surface area contributed by atoms with Gasteiger partial charge in [0, 0.05) is 6.42 Å². The number of aryl methyl sites for hydroxylation is 1. The second kappa shape index (κ2) is 7.11. The molecule has 0 aliphatic carbocycles. The summed E-state index contributed by atoms with van der Waals surface area (Å²) in [6.45, 7) is 0.0230. The summed E-state index contributed by atoms with van der Waals surface area (Å²) in [4.78, 5) is 23.4. The number of anilines is 2. The van der Waals surface area contributed by atoms with Gasteiger partial charge in [-0.25, -0.2) is 0 Å². The molecule has 0 saturated carbocycles. The molecule has 2 N–H and O–H groups in total. The number of amides is 2. The van der Waals surface area contributed by atoms with Crippen molar-refractivity contribution in [3.05, 3.63) is 52.0 Å². The highest BCUT2D eigenvalue weighted by molar-refractivity contribution is 6.43. The molecule has 24 heavy (non-hydrogen) atoms. The fourth-order valence-electron chi connectivity index (χ4n) is 2.36. The number of hydrogen-bond acceptors (Lipinski definition) is 3. The van der Waals surface area contributed by atoms with Gasteiger partial charge in [0.15, 0.2) is 6.61 Å². The molecule has 0 radical (unpaired) electrons. The monoisotopic (exact) mass is 364 g/mol. The average Bonchev–Trinajstić information content (AvgIpc) is 2.57. The molecule has 124 valence electrons. The van der Waals surface area contributed by atoms with E-state index in [9.17, 15) is 9.59 Å². The summed E-state index contributed by atoms with van der Waals surface area (Å²) < 4.78 is 5.30. The number of rotatable bonds is 4. The Morgan fingerprint density at radius 3 is 2.92 bits per heavy atom. The Labute approximate surface area is 148 Å². The van der Waals surface area contributed by atoms with Crippen molar-refractivity contribution in [3.63, 3.8) is 0 Å². The minimum absolute atomic E-state index is 0.0230. The Morgan fingerprint density at radius 1 is 1.25 bits per heavy atom. The zero-order valence-corrected chi connectivity index (χ0v) is 14.1. The van der Waals surface area contributed by atoms with Crippen LogP contribution >= 0.6 is 23.2 Å². The van der Waals surface area contributed by atoms with Gasteiger partial charge < -0.3 is 15.4 Å². The second-order valence-electron chi connectivity index (χ2n) is 5.32. The lowest BCUT2D eigenvalue weighted by atomic mass is 10.1. The van der Waals surface area contributed by atoms with E-state index >= 15 is 0 Å². The summed E-state index contributed by atoms with van der Waals surface area (Å²) >= 11 is 12.0. The van der Waals surface area contributed by atoms with Gasteiger partial charge in [0.1, 0.15) is 5.75 Å². The lowest BCUT2D eigenvalue weighted by Gasteiger charge is -2.18. The summed E-state index contributed by atoms with van der Waals surface area (Å²) in [6, 6.07) is 10.5. The smallest absolute Gasteiger partial charge is 0.262 e. The molecular weight excluding hydrogens is 351 g/mol. The van der Waals surface area contributed by atoms with Gasteiger partial charge in [0.05, 0.1) is 21.4 Å². The zero-order chi connectivity index (χ0) is 17.1. The number of carbonyl (C=O) groups excluding carboxylic acids is 2. The van der Waals surface area contributed by atoms with Gasteiger partial charge in [-0.3, -0.25) is 9.59 Å². The highest BCUT2D eigenvalue weighted by atomic mass is 35.5. The maximum atomic E-state index is 12.1. The van der Waals surface area contributed by atoms with E-state index in [4.69, 9.17) is 27.9 Å². The van der Waals surface area contributed by atoms with Crippen LogP contribution in [0.25, 0.3) is 0 Å². The number of carbonyl (C=O) groups is 2. The van der Waals surface area contributed by atoms with Crippen LogP contribution in [0.3, 0.4) is 0 Å². The minimum Gasteiger partial charge on any atom is -0.482 e. The van der Waals surface area contributed by atoms with Crippen molar-refractivity contribution in [2.75, 3.05) is 17.2 Å². The molecule has 5 nitrogen and oxygen atoms in total. The molecule has 2 aromatic carbocycles. The van der Waals surface area contributed by atoms with Gasteiger partial charge in [-0.15, -0.1) is 0 Å². The fourth-order valence-corrected chi connectivity index (χ4v) is 2.70. The lowest BCUT2D eigenvalue weighted by molar-refractivity contribution is -0.118. The largest absolute Gasteiger partial charge is 0.482 e. The maximum absolute atomic E-state index is 12.1. The van der Waals surface area contributed by atoms with Crippen LogP contribution in [0.2, 0.25) is 10.0 Å². The standard InChI is InChI=1S/C17H14Cl2N2O3/c18-11-2-1-3-12(17(11)19)20-15(22)7-5-10-4-6-14-13(8-10)21-16(23)9-24-14/h1-4,6,8H,5,7,9H2,(H,20,22)(H,21,23). The predicted octanol–water partition coefficient (Wildman–Crippen LogP) is 3.90. The van der Waals surface area contributed by atoms with Gasteiger partial charge in [0.25, 0.3) is 5.91 Å². The first-order valence-electron chi connectivity index (χ1n) is 7.32. The molecule has 0 spiro atoms. The quantitative estimate of drug-likeness (QED) is 0.864. The van der Waals surface area contributed by atoms with E-state index in [-0.39, 0.29) is 24.8 Å². The average molecular weight is 365 g/mol. The Bertz CT molecular complexity index is 808. The van der Waals surface area contributed by atoms with Gasteiger partial charge in [-0.2, -0.15) is 0 Å². The molecule has 3 rings (SSSR count). The minimum atomic E-state index is -0.187. The van der Waals surface area contributed by atoms with Crippen molar-refractivity contribution < 1.29 is 14.3 Å². The van der Waals surface area contributed by atoms with E-state index in [0.29, 0.717) is 33.6 Å². The maximum Gasteiger partial charge on any atom is 0.262 e. The SMILES string of the molecule is O=C1COc2ccc(CCC(=O)Nc3cccc(Cl)c3Cl)cc2N1. The van der Waals surface area contributed by atoms with Crippen molar-refractivity contribution >= 4 is 46.4 Å². The van der Waals surface area contributed by atoms with E-state index in [1.807, 2.05) is 12.1 Å². The van der Waals surface area contributed by atoms with Crippen molar-refractivity contribution in [2.45, 2.75) is 12.8 Å². The Balaban J connectivity index is 1.61. The predicted molar refractivity (Wildman–Crippen MR) is 94.0 cm³/mol. The van der Waals surface area contributed by atoms with Gasteiger partial charge >= 0.3 is 0 Å². The van der Waals surface area contributed by atoms with Gasteiger partial charge in [-0.1, -0.05) is 35.3 Å². The molecular formula is C17H14Cl2N2O3. The summed E-state index contributed by atoms with van der Waals surface area (Å²) in [5.74, 6) is 0.277. The van der Waals surface area contributed by atoms with Crippen molar-refractivity contribution in [3.8, 4) is 5.75 Å². The number of nitrogens with one attached hydrogen (secondary N) is 2. The van der Waals surface area contributed by atoms with E-state index in [1.54, 1.807) is 24.3 Å². The highest BCUT2D eigenvalue weighted by Gasteiger charge is 2.16. The Hall–Kier alpha value is -2.24. The number of benzene rings is 2. The van der Waals surface area contributed by atoms with Crippen LogP contribution in [-0.2, 0) is 16.0 Å². The van der Waals surface area contributed by atoms with Gasteiger partial charge in [0.2, 0.25) is 5.91 Å². The number of halogens is 2. The Kier molecular flexibility index (Phi) is 4.92. The molecule has 0 fully saturated rings. The van der Waals surface area contributed by atoms with Crippen LogP contribution in [0, 0.1) is 0 Å². The van der Waals surface area contributed by atoms with Crippen LogP contribution in [-0.4, -0.2) is 18.4 Å². The second-order valence-corrected chi connectivity index (χ2v) is 6.10. The summed E-state index contributed by atoms with van der Waals surface area (Å²) in [6.07, 6.45) is 0.795. The first-order chi connectivity index (χ1) is 11.5. The highest BCUT2D eigenvalue weighted by Crippen LogP contribution is 2.30. The van der Waals surface area contributed by atoms with Crippen LogP contribution in [0.4, 0.5) is 11.4 Å². The third-order valence-corrected chi connectivity index (χ3v) is 4.36. The molecule has 0 atom stereocenters. The van der Waals surface area contributed by atoms with Gasteiger partial charge in [-0.05, 0) is 36.2 Å². The van der Waals surface area contributed by atoms with Crippen molar-refractivity contribution in [2.24, 2.45) is 0 Å². The molecule has 2 aromatic rings. The molecule has 0 unspecified atom stereocenters. The van der Waals surface area contributed by atoms with E-state index in [2.05, 4.69) is 10.6 Å². The van der Waals surface area contributed by atoms with E-state index < -0.39 is 0 Å². The summed E-state index contributed by atoms with van der Waals surface area (Å²) in [7, 11) is 0. The third-order valence-electron chi connectivity index (χ3n) is 3.54. The van der Waals surface area contributed by atoms with Crippen LogP contribution in [0.15, 0.2) is 36.4 Å². The topological polar surface area (TPSA) is 67.4 Å². The molecule has 0 bridgehead atoms.